The number of methoxy groups -OCH3 is 1. The average molecular weight is 610 g/mol. The number of halogens is 1. The molecule has 4 rings (SSSR count). The molecular weight excluding hydrogens is 569 g/mol. The van der Waals surface area contributed by atoms with Crippen molar-refractivity contribution < 1.29 is 27.1 Å². The molecule has 230 valence electrons. The molecule has 0 aliphatic heterocycles. The lowest BCUT2D eigenvalue weighted by atomic mass is 10.0. The van der Waals surface area contributed by atoms with Crippen LogP contribution in [-0.4, -0.2) is 57.1 Å². The minimum absolute atomic E-state index is 0.00433. The van der Waals surface area contributed by atoms with Gasteiger partial charge >= 0.3 is 0 Å². The van der Waals surface area contributed by atoms with Crippen molar-refractivity contribution in [3.8, 4) is 5.75 Å². The predicted molar refractivity (Wildman–Crippen MR) is 166 cm³/mol. The molecule has 3 aromatic carbocycles. The van der Waals surface area contributed by atoms with Crippen LogP contribution in [0.4, 0.5) is 10.1 Å². The third-order valence-electron chi connectivity index (χ3n) is 7.74. The first-order valence-corrected chi connectivity index (χ1v) is 16.5. The summed E-state index contributed by atoms with van der Waals surface area (Å²) < 4.78 is 45.8. The first-order valence-electron chi connectivity index (χ1n) is 14.6. The molecule has 1 N–H and O–H groups in total. The van der Waals surface area contributed by atoms with Crippen molar-refractivity contribution in [2.45, 2.75) is 63.6 Å². The van der Waals surface area contributed by atoms with E-state index in [1.54, 1.807) is 41.3 Å². The molecule has 0 unspecified atom stereocenters. The number of hydrogen-bond donors (Lipinski definition) is 1. The molecule has 3 aromatic rings. The Hall–Kier alpha value is -3.92. The van der Waals surface area contributed by atoms with Gasteiger partial charge in [-0.2, -0.15) is 0 Å². The molecule has 1 fully saturated rings. The smallest absolute Gasteiger partial charge is 0.243 e. The molecule has 43 heavy (non-hydrogen) atoms. The normalized spacial score (nSPS) is 14.2. The van der Waals surface area contributed by atoms with Gasteiger partial charge < -0.3 is 15.0 Å². The van der Waals surface area contributed by atoms with Crippen molar-refractivity contribution in [3.63, 3.8) is 0 Å². The van der Waals surface area contributed by atoms with Crippen LogP contribution in [0.25, 0.3) is 0 Å². The van der Waals surface area contributed by atoms with Gasteiger partial charge in [0.05, 0.1) is 19.1 Å². The zero-order valence-corrected chi connectivity index (χ0v) is 25.6. The van der Waals surface area contributed by atoms with Gasteiger partial charge in [-0.25, -0.2) is 12.8 Å². The summed E-state index contributed by atoms with van der Waals surface area (Å²) in [4.78, 5) is 29.3. The summed E-state index contributed by atoms with van der Waals surface area (Å²) in [5.41, 5.74) is 1.99. The minimum atomic E-state index is -3.68. The number of anilines is 1. The number of sulfonamides is 1. The number of para-hydroxylation sites is 2. The number of nitrogens with one attached hydrogen (secondary N) is 1. The SMILES string of the molecule is COc1ccccc1N(CCCC(=O)N(Cc1ccc(F)cc1)[C@H](Cc1ccccc1)C(=O)NC1CCCC1)S(C)(=O)=O. The van der Waals surface area contributed by atoms with Crippen LogP contribution in [-0.2, 0) is 32.6 Å². The third kappa shape index (κ3) is 9.03. The molecule has 0 saturated heterocycles. The molecule has 1 atom stereocenters. The Morgan fingerprint density at radius 3 is 2.26 bits per heavy atom. The highest BCUT2D eigenvalue weighted by atomic mass is 32.2. The van der Waals surface area contributed by atoms with Gasteiger partial charge in [-0.05, 0) is 54.7 Å². The summed E-state index contributed by atoms with van der Waals surface area (Å²) >= 11 is 0. The monoisotopic (exact) mass is 609 g/mol. The predicted octanol–water partition coefficient (Wildman–Crippen LogP) is 5.08. The first-order chi connectivity index (χ1) is 20.7. The maximum atomic E-state index is 14.0. The second kappa shape index (κ2) is 15.0. The van der Waals surface area contributed by atoms with Crippen LogP contribution >= 0.6 is 0 Å². The highest BCUT2D eigenvalue weighted by Gasteiger charge is 2.32. The summed E-state index contributed by atoms with van der Waals surface area (Å²) in [6.07, 6.45) is 5.55. The van der Waals surface area contributed by atoms with Crippen molar-refractivity contribution >= 4 is 27.5 Å². The lowest BCUT2D eigenvalue weighted by Crippen LogP contribution is -2.52. The highest BCUT2D eigenvalue weighted by Crippen LogP contribution is 2.30. The Kier molecular flexibility index (Phi) is 11.2. The number of nitrogens with zero attached hydrogens (tertiary/aromatic N) is 2. The molecule has 0 spiro atoms. The maximum Gasteiger partial charge on any atom is 0.243 e. The summed E-state index contributed by atoms with van der Waals surface area (Å²) in [6.45, 7) is 0.157. The van der Waals surface area contributed by atoms with E-state index < -0.39 is 21.9 Å². The fourth-order valence-electron chi connectivity index (χ4n) is 5.53. The zero-order valence-electron chi connectivity index (χ0n) is 24.7. The van der Waals surface area contributed by atoms with Crippen LogP contribution < -0.4 is 14.4 Å². The van der Waals surface area contributed by atoms with Crippen LogP contribution in [0.15, 0.2) is 78.9 Å². The average Bonchev–Trinajstić information content (AvgIpc) is 3.51. The quantitative estimate of drug-likeness (QED) is 0.275. The summed E-state index contributed by atoms with van der Waals surface area (Å²) in [7, 11) is -2.20. The molecule has 1 aliphatic carbocycles. The molecule has 1 saturated carbocycles. The summed E-state index contributed by atoms with van der Waals surface area (Å²) in [5, 5.41) is 3.16. The second-order valence-corrected chi connectivity index (χ2v) is 12.9. The molecule has 8 nitrogen and oxygen atoms in total. The van der Waals surface area contributed by atoms with E-state index in [1.807, 2.05) is 30.3 Å². The second-order valence-electron chi connectivity index (χ2n) is 11.0. The number of hydrogen-bond acceptors (Lipinski definition) is 5. The van der Waals surface area contributed by atoms with E-state index in [1.165, 1.54) is 23.5 Å². The van der Waals surface area contributed by atoms with Crippen LogP contribution in [0.5, 0.6) is 5.75 Å². The fourth-order valence-corrected chi connectivity index (χ4v) is 6.50. The van der Waals surface area contributed by atoms with Crippen LogP contribution in [0.3, 0.4) is 0 Å². The Labute approximate surface area is 253 Å². The van der Waals surface area contributed by atoms with Crippen molar-refractivity contribution in [3.05, 3.63) is 95.8 Å². The van der Waals surface area contributed by atoms with Gasteiger partial charge in [0.2, 0.25) is 21.8 Å². The first kappa shape index (κ1) is 32.0. The molecule has 0 heterocycles. The summed E-state index contributed by atoms with van der Waals surface area (Å²) in [6, 6.07) is 21.5. The highest BCUT2D eigenvalue weighted by molar-refractivity contribution is 7.92. The van der Waals surface area contributed by atoms with Gasteiger partial charge in [-0.3, -0.25) is 13.9 Å². The Bertz CT molecular complexity index is 1460. The number of carbonyl (C=O) groups excluding carboxylic acids is 2. The minimum Gasteiger partial charge on any atom is -0.495 e. The molecule has 0 aromatic heterocycles. The van der Waals surface area contributed by atoms with Gasteiger partial charge in [0.25, 0.3) is 0 Å². The van der Waals surface area contributed by atoms with Crippen molar-refractivity contribution in [2.24, 2.45) is 0 Å². The maximum absolute atomic E-state index is 14.0. The number of amides is 2. The van der Waals surface area contributed by atoms with Gasteiger partial charge in [-0.15, -0.1) is 0 Å². The van der Waals surface area contributed by atoms with Crippen LogP contribution in [0.2, 0.25) is 0 Å². The van der Waals surface area contributed by atoms with E-state index >= 15 is 0 Å². The van der Waals surface area contributed by atoms with Gasteiger partial charge in [0.1, 0.15) is 17.6 Å². The van der Waals surface area contributed by atoms with Crippen LogP contribution in [0, 0.1) is 5.82 Å². The Balaban J connectivity index is 1.59. The van der Waals surface area contributed by atoms with E-state index in [9.17, 15) is 22.4 Å². The van der Waals surface area contributed by atoms with E-state index in [0.29, 0.717) is 23.4 Å². The number of rotatable bonds is 14. The lowest BCUT2D eigenvalue weighted by molar-refractivity contribution is -0.141. The molecule has 0 radical (unpaired) electrons. The van der Waals surface area contributed by atoms with E-state index in [-0.39, 0.29) is 43.8 Å². The fraction of sp³-hybridized carbons (Fsp3) is 0.394. The van der Waals surface area contributed by atoms with Crippen molar-refractivity contribution in [2.75, 3.05) is 24.2 Å². The molecule has 1 aliphatic rings. The molecular formula is C33H40FN3O5S. The summed E-state index contributed by atoms with van der Waals surface area (Å²) in [5.74, 6) is -0.499. The van der Waals surface area contributed by atoms with Gasteiger partial charge in [0, 0.05) is 32.0 Å². The van der Waals surface area contributed by atoms with E-state index in [4.69, 9.17) is 4.74 Å². The van der Waals surface area contributed by atoms with E-state index in [2.05, 4.69) is 5.32 Å². The Morgan fingerprint density at radius 2 is 1.60 bits per heavy atom. The van der Waals surface area contributed by atoms with Gasteiger partial charge in [0.15, 0.2) is 0 Å². The van der Waals surface area contributed by atoms with Crippen molar-refractivity contribution in [1.29, 1.82) is 0 Å². The largest absolute Gasteiger partial charge is 0.495 e. The lowest BCUT2D eigenvalue weighted by Gasteiger charge is -2.33. The van der Waals surface area contributed by atoms with Crippen molar-refractivity contribution in [1.82, 2.24) is 10.2 Å². The molecule has 0 bridgehead atoms. The number of carbonyl (C=O) groups is 2. The standard InChI is InChI=1S/C33H40FN3O5S/c1-42-31-16-9-8-15-29(31)37(43(2,40)41)22-10-17-32(38)36(24-26-18-20-27(34)21-19-26)30(23-25-11-4-3-5-12-25)33(39)35-28-13-6-7-14-28/h3-5,8-9,11-12,15-16,18-21,28,30H,6-7,10,13-14,17,22-24H2,1-2H3,(H,35,39)/t30-/m1/s1. The molecule has 10 heteroatoms. The number of benzene rings is 3. The number of ether oxygens (including phenoxy) is 1. The Morgan fingerprint density at radius 1 is 0.953 bits per heavy atom. The van der Waals surface area contributed by atoms with Crippen LogP contribution in [0.1, 0.15) is 49.7 Å². The third-order valence-corrected chi connectivity index (χ3v) is 8.92. The topological polar surface area (TPSA) is 96.0 Å². The molecule has 2 amide bonds. The van der Waals surface area contributed by atoms with Gasteiger partial charge in [-0.1, -0.05) is 67.4 Å². The zero-order chi connectivity index (χ0) is 30.8. The van der Waals surface area contributed by atoms with E-state index in [0.717, 1.165) is 37.5 Å².